The number of ether oxygens (including phenoxy) is 1. The molecule has 0 saturated carbocycles. The molecule has 1 aromatic carbocycles. The average Bonchev–Trinajstić information content (AvgIpc) is 3.45. The number of hydrogen-bond acceptors (Lipinski definition) is 5. The first-order valence-corrected chi connectivity index (χ1v) is 11.1. The first kappa shape index (κ1) is 23.2. The molecule has 2 atom stereocenters. The summed E-state index contributed by atoms with van der Waals surface area (Å²) in [5.41, 5.74) is 0.0881. The molecule has 31 heavy (non-hydrogen) atoms. The van der Waals surface area contributed by atoms with Crippen LogP contribution in [0.3, 0.4) is 0 Å². The fraction of sp³-hybridized carbons (Fsp3) is 0.542. The van der Waals surface area contributed by atoms with Crippen molar-refractivity contribution >= 4 is 5.96 Å². The van der Waals surface area contributed by atoms with Gasteiger partial charge in [-0.1, -0.05) is 12.1 Å². The van der Waals surface area contributed by atoms with Gasteiger partial charge in [-0.15, -0.1) is 0 Å². The second-order valence-corrected chi connectivity index (χ2v) is 8.29. The largest absolute Gasteiger partial charge is 0.497 e. The molecule has 7 heteroatoms. The Morgan fingerprint density at radius 2 is 1.90 bits per heavy atom. The van der Waals surface area contributed by atoms with Gasteiger partial charge in [0, 0.05) is 13.1 Å². The van der Waals surface area contributed by atoms with Crippen LogP contribution in [-0.4, -0.2) is 55.8 Å². The number of hydrogen-bond donors (Lipinski definition) is 3. The van der Waals surface area contributed by atoms with Gasteiger partial charge in [-0.05, 0) is 76.5 Å². The summed E-state index contributed by atoms with van der Waals surface area (Å²) in [5, 5.41) is 17.6. The van der Waals surface area contributed by atoms with Crippen LogP contribution in [0, 0.1) is 6.92 Å². The van der Waals surface area contributed by atoms with Crippen molar-refractivity contribution in [3.8, 4) is 5.75 Å². The number of methoxy groups -OCH3 is 1. The van der Waals surface area contributed by atoms with Gasteiger partial charge in [-0.25, -0.2) is 4.99 Å². The lowest BCUT2D eigenvalue weighted by Gasteiger charge is -2.29. The number of guanidine groups is 1. The molecule has 2 aromatic rings. The smallest absolute Gasteiger partial charge is 0.191 e. The third kappa shape index (κ3) is 6.24. The SMILES string of the molecule is CCNC(=NCC(C)(O)c1ccc(C)o1)NCC(c1ccc(OC)cc1)N1CCCC1. The number of rotatable bonds is 9. The summed E-state index contributed by atoms with van der Waals surface area (Å²) < 4.78 is 10.9. The van der Waals surface area contributed by atoms with E-state index in [0.717, 1.165) is 37.7 Å². The number of benzene rings is 1. The summed E-state index contributed by atoms with van der Waals surface area (Å²) >= 11 is 0. The Kier molecular flexibility index (Phi) is 7.98. The molecule has 0 radical (unpaired) electrons. The summed E-state index contributed by atoms with van der Waals surface area (Å²) in [5.74, 6) is 2.85. The number of aliphatic imine (C=N–C) groups is 1. The topological polar surface area (TPSA) is 82.3 Å². The monoisotopic (exact) mass is 428 g/mol. The fourth-order valence-corrected chi connectivity index (χ4v) is 3.91. The molecule has 0 amide bonds. The second-order valence-electron chi connectivity index (χ2n) is 8.29. The lowest BCUT2D eigenvalue weighted by Crippen LogP contribution is -2.43. The molecule has 1 aliphatic heterocycles. The van der Waals surface area contributed by atoms with Crippen LogP contribution in [0.1, 0.15) is 49.8 Å². The van der Waals surface area contributed by atoms with Crippen molar-refractivity contribution in [3.63, 3.8) is 0 Å². The van der Waals surface area contributed by atoms with Gasteiger partial charge in [0.2, 0.25) is 0 Å². The summed E-state index contributed by atoms with van der Waals surface area (Å²) in [7, 11) is 1.69. The van der Waals surface area contributed by atoms with E-state index in [0.29, 0.717) is 11.7 Å². The van der Waals surface area contributed by atoms with E-state index < -0.39 is 5.60 Å². The average molecular weight is 429 g/mol. The molecule has 170 valence electrons. The number of furan rings is 1. The molecule has 0 bridgehead atoms. The number of likely N-dealkylation sites (tertiary alicyclic amines) is 1. The van der Waals surface area contributed by atoms with Gasteiger partial charge in [-0.2, -0.15) is 0 Å². The van der Waals surface area contributed by atoms with Gasteiger partial charge in [0.05, 0.1) is 19.7 Å². The van der Waals surface area contributed by atoms with Crippen molar-refractivity contribution in [2.45, 2.75) is 45.3 Å². The molecule has 3 rings (SSSR count). The molecule has 3 N–H and O–H groups in total. The molecular weight excluding hydrogens is 392 g/mol. The van der Waals surface area contributed by atoms with Gasteiger partial charge in [-0.3, -0.25) is 4.90 Å². The zero-order chi connectivity index (χ0) is 22.3. The quantitative estimate of drug-likeness (QED) is 0.420. The van der Waals surface area contributed by atoms with E-state index in [9.17, 15) is 5.11 Å². The van der Waals surface area contributed by atoms with Crippen LogP contribution in [-0.2, 0) is 5.60 Å². The van der Waals surface area contributed by atoms with Crippen molar-refractivity contribution in [3.05, 3.63) is 53.5 Å². The van der Waals surface area contributed by atoms with Crippen LogP contribution < -0.4 is 15.4 Å². The second kappa shape index (κ2) is 10.7. The standard InChI is InChI=1S/C24H36N4O3/c1-5-25-23(27-17-24(3,29)22-13-8-18(2)31-22)26-16-21(28-14-6-7-15-28)19-9-11-20(30-4)12-10-19/h8-13,21,29H,5-7,14-17H2,1-4H3,(H2,25,26,27). The number of nitrogens with zero attached hydrogens (tertiary/aromatic N) is 2. The third-order valence-electron chi connectivity index (χ3n) is 5.71. The molecule has 1 saturated heterocycles. The van der Waals surface area contributed by atoms with Crippen molar-refractivity contribution in [1.82, 2.24) is 15.5 Å². The molecule has 2 unspecified atom stereocenters. The molecule has 0 aliphatic carbocycles. The van der Waals surface area contributed by atoms with Crippen LogP contribution in [0.25, 0.3) is 0 Å². The molecule has 1 aliphatic rings. The normalized spacial score (nSPS) is 17.9. The van der Waals surface area contributed by atoms with Gasteiger partial charge in [0.25, 0.3) is 0 Å². The highest BCUT2D eigenvalue weighted by Crippen LogP contribution is 2.26. The molecular formula is C24H36N4O3. The summed E-state index contributed by atoms with van der Waals surface area (Å²) in [6.07, 6.45) is 2.46. The number of aryl methyl sites for hydroxylation is 1. The maximum absolute atomic E-state index is 10.8. The van der Waals surface area contributed by atoms with Crippen molar-refractivity contribution in [2.24, 2.45) is 4.99 Å². The van der Waals surface area contributed by atoms with E-state index in [1.54, 1.807) is 20.1 Å². The summed E-state index contributed by atoms with van der Waals surface area (Å²) in [4.78, 5) is 7.15. The predicted molar refractivity (Wildman–Crippen MR) is 124 cm³/mol. The zero-order valence-electron chi connectivity index (χ0n) is 19.1. The van der Waals surface area contributed by atoms with Crippen molar-refractivity contribution < 1.29 is 14.3 Å². The van der Waals surface area contributed by atoms with E-state index in [4.69, 9.17) is 9.15 Å². The Balaban J connectivity index is 1.70. The lowest BCUT2D eigenvalue weighted by atomic mass is 10.0. The van der Waals surface area contributed by atoms with Crippen LogP contribution in [0.4, 0.5) is 0 Å². The van der Waals surface area contributed by atoms with Gasteiger partial charge in [0.1, 0.15) is 22.9 Å². The Morgan fingerprint density at radius 1 is 1.19 bits per heavy atom. The Morgan fingerprint density at radius 3 is 2.48 bits per heavy atom. The zero-order valence-corrected chi connectivity index (χ0v) is 19.1. The molecule has 1 fully saturated rings. The molecule has 2 heterocycles. The highest BCUT2D eigenvalue weighted by molar-refractivity contribution is 5.79. The molecule has 1 aromatic heterocycles. The minimum absolute atomic E-state index is 0.201. The maximum atomic E-state index is 10.8. The van der Waals surface area contributed by atoms with E-state index in [1.807, 2.05) is 32.0 Å². The Labute approximate surface area is 185 Å². The molecule has 7 nitrogen and oxygen atoms in total. The minimum Gasteiger partial charge on any atom is -0.497 e. The lowest BCUT2D eigenvalue weighted by molar-refractivity contribution is 0.0428. The van der Waals surface area contributed by atoms with E-state index in [1.165, 1.54) is 18.4 Å². The first-order valence-electron chi connectivity index (χ1n) is 11.1. The first-order chi connectivity index (χ1) is 14.9. The van der Waals surface area contributed by atoms with Gasteiger partial charge in [0.15, 0.2) is 5.96 Å². The van der Waals surface area contributed by atoms with E-state index >= 15 is 0 Å². The summed E-state index contributed by atoms with van der Waals surface area (Å²) in [6, 6.07) is 12.2. The Bertz CT molecular complexity index is 839. The van der Waals surface area contributed by atoms with Crippen molar-refractivity contribution in [2.75, 3.05) is 39.8 Å². The minimum atomic E-state index is -1.17. The van der Waals surface area contributed by atoms with E-state index in [2.05, 4.69) is 32.7 Å². The van der Waals surface area contributed by atoms with Crippen molar-refractivity contribution in [1.29, 1.82) is 0 Å². The van der Waals surface area contributed by atoms with Crippen LogP contribution in [0.2, 0.25) is 0 Å². The third-order valence-corrected chi connectivity index (χ3v) is 5.71. The predicted octanol–water partition coefficient (Wildman–Crippen LogP) is 3.20. The number of nitrogens with one attached hydrogen (secondary N) is 2. The van der Waals surface area contributed by atoms with Crippen LogP contribution in [0.5, 0.6) is 5.75 Å². The molecule has 0 spiro atoms. The van der Waals surface area contributed by atoms with Crippen LogP contribution >= 0.6 is 0 Å². The maximum Gasteiger partial charge on any atom is 0.191 e. The van der Waals surface area contributed by atoms with Gasteiger partial charge < -0.3 is 24.9 Å². The fourth-order valence-electron chi connectivity index (χ4n) is 3.91. The van der Waals surface area contributed by atoms with E-state index in [-0.39, 0.29) is 12.6 Å². The van der Waals surface area contributed by atoms with Crippen LogP contribution in [0.15, 0.2) is 45.8 Å². The summed E-state index contributed by atoms with van der Waals surface area (Å²) in [6.45, 7) is 9.48. The van der Waals surface area contributed by atoms with Gasteiger partial charge >= 0.3 is 0 Å². The Hall–Kier alpha value is -2.51. The highest BCUT2D eigenvalue weighted by Gasteiger charge is 2.27. The number of aliphatic hydroxyl groups is 1. The highest BCUT2D eigenvalue weighted by atomic mass is 16.5.